The highest BCUT2D eigenvalue weighted by molar-refractivity contribution is 8.00. The Balaban J connectivity index is 1.08. The molecule has 38 heavy (non-hydrogen) atoms. The monoisotopic (exact) mass is 553 g/mol. The lowest BCUT2D eigenvalue weighted by molar-refractivity contribution is -0.197. The van der Waals surface area contributed by atoms with Gasteiger partial charge >= 0.3 is 12.0 Å². The first-order chi connectivity index (χ1) is 18.3. The van der Waals surface area contributed by atoms with Crippen LogP contribution in [0.25, 0.3) is 0 Å². The molecule has 1 unspecified atom stereocenters. The predicted molar refractivity (Wildman–Crippen MR) is 144 cm³/mol. The van der Waals surface area contributed by atoms with E-state index < -0.39 is 17.8 Å². The van der Waals surface area contributed by atoms with Gasteiger partial charge in [0.05, 0.1) is 12.1 Å². The SMILES string of the molecule is CC(CCCCNC(=O)CCCC[C@@H]1SC[C@@H]2NC(=O)N[C@@H]21)NCCCCCC(=O)ON1C(=O)CCC1=O. The Morgan fingerprint density at radius 2 is 1.71 bits per heavy atom. The van der Waals surface area contributed by atoms with Gasteiger partial charge in [-0.3, -0.25) is 14.4 Å². The molecule has 0 spiro atoms. The van der Waals surface area contributed by atoms with Crippen molar-refractivity contribution in [3.63, 3.8) is 0 Å². The first-order valence-electron chi connectivity index (χ1n) is 14.1. The number of unbranched alkanes of at least 4 members (excludes halogenated alkanes) is 4. The van der Waals surface area contributed by atoms with Crippen molar-refractivity contribution in [1.82, 2.24) is 26.3 Å². The molecule has 0 saturated carbocycles. The molecule has 3 rings (SSSR count). The molecule has 4 atom stereocenters. The van der Waals surface area contributed by atoms with E-state index in [9.17, 15) is 24.0 Å². The summed E-state index contributed by atoms with van der Waals surface area (Å²) in [5.74, 6) is -0.359. The number of imide groups is 1. The second-order valence-corrected chi connectivity index (χ2v) is 11.7. The molecular weight excluding hydrogens is 510 g/mol. The van der Waals surface area contributed by atoms with E-state index in [0.29, 0.717) is 35.7 Å². The smallest absolute Gasteiger partial charge is 0.333 e. The lowest BCUT2D eigenvalue weighted by Gasteiger charge is -2.16. The highest BCUT2D eigenvalue weighted by Gasteiger charge is 2.42. The lowest BCUT2D eigenvalue weighted by atomic mass is 10.0. The van der Waals surface area contributed by atoms with E-state index in [2.05, 4.69) is 28.2 Å². The number of nitrogens with zero attached hydrogens (tertiary/aromatic N) is 1. The first kappa shape index (κ1) is 30.2. The van der Waals surface area contributed by atoms with Crippen LogP contribution in [0.15, 0.2) is 0 Å². The van der Waals surface area contributed by atoms with Crippen LogP contribution in [0.5, 0.6) is 0 Å². The van der Waals surface area contributed by atoms with E-state index in [-0.39, 0.29) is 43.3 Å². The van der Waals surface area contributed by atoms with Gasteiger partial charge in [0.1, 0.15) is 0 Å². The van der Waals surface area contributed by atoms with Crippen molar-refractivity contribution in [3.8, 4) is 0 Å². The molecule has 214 valence electrons. The normalized spacial score (nSPS) is 23.2. The second kappa shape index (κ2) is 15.9. The number of amides is 5. The summed E-state index contributed by atoms with van der Waals surface area (Å²) >= 11 is 1.91. The Bertz CT molecular complexity index is 827. The topological polar surface area (TPSA) is 146 Å². The fourth-order valence-electron chi connectivity index (χ4n) is 4.99. The van der Waals surface area contributed by atoms with Gasteiger partial charge in [-0.1, -0.05) is 19.3 Å². The molecule has 12 heteroatoms. The third kappa shape index (κ3) is 10.1. The number of urea groups is 1. The van der Waals surface area contributed by atoms with Gasteiger partial charge in [-0.2, -0.15) is 11.8 Å². The number of rotatable bonds is 18. The predicted octanol–water partition coefficient (Wildman–Crippen LogP) is 2.14. The maximum absolute atomic E-state index is 12.1. The summed E-state index contributed by atoms with van der Waals surface area (Å²) in [5.41, 5.74) is 0. The molecular formula is C26H43N5O6S. The van der Waals surface area contributed by atoms with Gasteiger partial charge in [0.25, 0.3) is 11.8 Å². The van der Waals surface area contributed by atoms with E-state index >= 15 is 0 Å². The van der Waals surface area contributed by atoms with Crippen molar-refractivity contribution < 1.29 is 28.8 Å². The maximum atomic E-state index is 12.1. The van der Waals surface area contributed by atoms with Gasteiger partial charge in [0, 0.05) is 49.3 Å². The molecule has 0 bridgehead atoms. The number of carbonyl (C=O) groups excluding carboxylic acids is 5. The van der Waals surface area contributed by atoms with E-state index in [1.807, 2.05) is 11.8 Å². The van der Waals surface area contributed by atoms with Crippen molar-refractivity contribution >= 4 is 41.5 Å². The average molecular weight is 554 g/mol. The number of hydrogen-bond acceptors (Lipinski definition) is 8. The fraction of sp³-hybridized carbons (Fsp3) is 0.808. The zero-order chi connectivity index (χ0) is 27.3. The number of hydrogen-bond donors (Lipinski definition) is 4. The molecule has 3 aliphatic rings. The summed E-state index contributed by atoms with van der Waals surface area (Å²) < 4.78 is 0. The molecule has 0 aliphatic carbocycles. The van der Waals surface area contributed by atoms with Crippen molar-refractivity contribution in [2.24, 2.45) is 0 Å². The largest absolute Gasteiger partial charge is 0.356 e. The van der Waals surface area contributed by atoms with E-state index in [4.69, 9.17) is 4.84 Å². The molecule has 0 aromatic carbocycles. The Morgan fingerprint density at radius 1 is 0.974 bits per heavy atom. The van der Waals surface area contributed by atoms with Gasteiger partial charge in [-0.15, -0.1) is 5.06 Å². The van der Waals surface area contributed by atoms with Gasteiger partial charge < -0.3 is 26.1 Å². The number of carbonyl (C=O) groups is 5. The van der Waals surface area contributed by atoms with Crippen LogP contribution in [0.1, 0.15) is 90.4 Å². The standard InChI is InChI=1S/C26H43N5O6S/c1-18(27-15-7-2-3-12-24(35)37-31-22(33)13-14-23(31)34)9-6-8-16-28-21(32)11-5-4-10-20-25-19(17-38-20)29-26(36)30-25/h18-20,25,27H,2-17H2,1H3,(H,28,32)(H2,29,30,36)/t18?,19-,20-,25-/m0/s1. The molecule has 4 N–H and O–H groups in total. The van der Waals surface area contributed by atoms with Crippen LogP contribution in [0, 0.1) is 0 Å². The minimum Gasteiger partial charge on any atom is -0.356 e. The van der Waals surface area contributed by atoms with E-state index in [1.165, 1.54) is 0 Å². The Morgan fingerprint density at radius 3 is 2.50 bits per heavy atom. The van der Waals surface area contributed by atoms with Crippen molar-refractivity contribution in [3.05, 3.63) is 0 Å². The van der Waals surface area contributed by atoms with E-state index in [1.54, 1.807) is 0 Å². The summed E-state index contributed by atoms with van der Waals surface area (Å²) in [7, 11) is 0. The molecule has 3 aliphatic heterocycles. The first-order valence-corrected chi connectivity index (χ1v) is 15.1. The number of nitrogens with one attached hydrogen (secondary N) is 4. The average Bonchev–Trinajstić information content (AvgIpc) is 3.53. The third-order valence-electron chi connectivity index (χ3n) is 7.22. The van der Waals surface area contributed by atoms with Crippen molar-refractivity contribution in [2.75, 3.05) is 18.8 Å². The summed E-state index contributed by atoms with van der Waals surface area (Å²) in [6.45, 7) is 3.72. The number of thioether (sulfide) groups is 1. The maximum Gasteiger partial charge on any atom is 0.333 e. The zero-order valence-corrected chi connectivity index (χ0v) is 23.2. The quantitative estimate of drug-likeness (QED) is 0.115. The van der Waals surface area contributed by atoms with Crippen LogP contribution >= 0.6 is 11.8 Å². The molecule has 5 amide bonds. The van der Waals surface area contributed by atoms with Crippen molar-refractivity contribution in [1.29, 1.82) is 0 Å². The molecule has 3 fully saturated rings. The van der Waals surface area contributed by atoms with Crippen LogP contribution in [-0.4, -0.2) is 77.0 Å². The lowest BCUT2D eigenvalue weighted by Crippen LogP contribution is -2.36. The zero-order valence-electron chi connectivity index (χ0n) is 22.4. The minimum absolute atomic E-state index is 0.0548. The van der Waals surface area contributed by atoms with Crippen LogP contribution in [0.4, 0.5) is 4.79 Å². The molecule has 0 radical (unpaired) electrons. The molecule has 0 aromatic rings. The number of fused-ring (bicyclic) bond motifs is 1. The number of hydroxylamine groups is 2. The Hall–Kier alpha value is -2.34. The van der Waals surface area contributed by atoms with Crippen LogP contribution in [-0.2, 0) is 24.0 Å². The van der Waals surface area contributed by atoms with E-state index in [0.717, 1.165) is 63.7 Å². The highest BCUT2D eigenvalue weighted by atomic mass is 32.2. The summed E-state index contributed by atoms with van der Waals surface area (Å²) in [6.07, 6.45) is 9.33. The van der Waals surface area contributed by atoms with Gasteiger partial charge in [0.2, 0.25) is 5.91 Å². The van der Waals surface area contributed by atoms with Crippen LogP contribution < -0.4 is 21.3 Å². The molecule has 11 nitrogen and oxygen atoms in total. The molecule has 3 heterocycles. The fourth-order valence-corrected chi connectivity index (χ4v) is 6.54. The Kier molecular flexibility index (Phi) is 12.7. The third-order valence-corrected chi connectivity index (χ3v) is 8.72. The van der Waals surface area contributed by atoms with Crippen molar-refractivity contribution in [2.45, 2.75) is 114 Å². The van der Waals surface area contributed by atoms with Gasteiger partial charge in [-0.25, -0.2) is 9.59 Å². The van der Waals surface area contributed by atoms with Gasteiger partial charge in [-0.05, 0) is 52.0 Å². The summed E-state index contributed by atoms with van der Waals surface area (Å²) in [4.78, 5) is 63.1. The minimum atomic E-state index is -0.540. The van der Waals surface area contributed by atoms with Crippen LogP contribution in [0.2, 0.25) is 0 Å². The highest BCUT2D eigenvalue weighted by Crippen LogP contribution is 2.33. The Labute approximate surface area is 229 Å². The van der Waals surface area contributed by atoms with Gasteiger partial charge in [0.15, 0.2) is 0 Å². The van der Waals surface area contributed by atoms with Crippen LogP contribution in [0.3, 0.4) is 0 Å². The summed E-state index contributed by atoms with van der Waals surface area (Å²) in [6, 6.07) is 0.818. The summed E-state index contributed by atoms with van der Waals surface area (Å²) in [5, 5.41) is 13.5. The second-order valence-electron chi connectivity index (χ2n) is 10.4. The molecule has 3 saturated heterocycles. The molecule has 0 aromatic heterocycles.